The monoisotopic (exact) mass is 289 g/mol. The molecular weight excluding hydrogens is 274 g/mol. The number of aromatic nitrogens is 1. The second-order valence-electron chi connectivity index (χ2n) is 5.46. The summed E-state index contributed by atoms with van der Waals surface area (Å²) in [6.07, 6.45) is 5.78. The van der Waals surface area contributed by atoms with Crippen molar-refractivity contribution in [2.45, 2.75) is 12.8 Å². The fourth-order valence-electron chi connectivity index (χ4n) is 3.13. The zero-order valence-electron chi connectivity index (χ0n) is 12.3. The smallest absolute Gasteiger partial charge is 0.199 e. The van der Waals surface area contributed by atoms with Crippen molar-refractivity contribution in [1.82, 2.24) is 4.98 Å². The molecule has 0 unspecified atom stereocenters. The molecule has 2 aromatic rings. The molecule has 108 valence electrons. The number of nitrogens with zero attached hydrogens (tertiary/aromatic N) is 1. The van der Waals surface area contributed by atoms with Crippen LogP contribution in [-0.2, 0) is 0 Å². The lowest BCUT2D eigenvalue weighted by atomic mass is 9.99. The minimum atomic E-state index is 0.0323. The molecule has 1 heterocycles. The molecule has 1 aromatic heterocycles. The number of ketones is 1. The van der Waals surface area contributed by atoms with Crippen molar-refractivity contribution < 1.29 is 9.53 Å². The van der Waals surface area contributed by atoms with Crippen LogP contribution in [0, 0.1) is 0 Å². The summed E-state index contributed by atoms with van der Waals surface area (Å²) in [5, 5.41) is 0. The molecule has 2 aliphatic carbocycles. The fraction of sp³-hybridized carbons (Fsp3) is 0.158. The van der Waals surface area contributed by atoms with Crippen LogP contribution in [0.25, 0.3) is 16.8 Å². The average molecular weight is 289 g/mol. The van der Waals surface area contributed by atoms with E-state index in [9.17, 15) is 4.79 Å². The van der Waals surface area contributed by atoms with Gasteiger partial charge < -0.3 is 4.74 Å². The Morgan fingerprint density at radius 2 is 2.00 bits per heavy atom. The Labute approximate surface area is 129 Å². The molecule has 0 amide bonds. The van der Waals surface area contributed by atoms with Gasteiger partial charge in [-0.05, 0) is 18.4 Å². The summed E-state index contributed by atoms with van der Waals surface area (Å²) in [6.45, 7) is 0. The highest BCUT2D eigenvalue weighted by atomic mass is 16.5. The quantitative estimate of drug-likeness (QED) is 0.837. The number of carbonyl (C=O) groups is 1. The number of pyridine rings is 1. The highest BCUT2D eigenvalue weighted by Crippen LogP contribution is 2.42. The maximum atomic E-state index is 12.6. The Bertz CT molecular complexity index is 832. The zero-order valence-corrected chi connectivity index (χ0v) is 12.3. The van der Waals surface area contributed by atoms with Gasteiger partial charge >= 0.3 is 0 Å². The van der Waals surface area contributed by atoms with Crippen molar-refractivity contribution in [1.29, 1.82) is 0 Å². The number of hydrogen-bond donors (Lipinski definition) is 0. The number of benzene rings is 1. The SMILES string of the molecule is COc1cc(-c2ccccc2)nc2c1C(=O)C1=C2CCC=C1. The zero-order chi connectivity index (χ0) is 15.1. The summed E-state index contributed by atoms with van der Waals surface area (Å²) in [5.41, 5.74) is 5.10. The molecule has 0 saturated carbocycles. The summed E-state index contributed by atoms with van der Waals surface area (Å²) in [6, 6.07) is 11.8. The van der Waals surface area contributed by atoms with Crippen LogP contribution in [0.4, 0.5) is 0 Å². The van der Waals surface area contributed by atoms with Gasteiger partial charge in [0, 0.05) is 17.2 Å². The maximum absolute atomic E-state index is 12.6. The van der Waals surface area contributed by atoms with Crippen molar-refractivity contribution in [2.75, 3.05) is 7.11 Å². The topological polar surface area (TPSA) is 39.2 Å². The summed E-state index contributed by atoms with van der Waals surface area (Å²) >= 11 is 0. The van der Waals surface area contributed by atoms with Gasteiger partial charge in [0.1, 0.15) is 5.75 Å². The molecule has 3 nitrogen and oxygen atoms in total. The highest BCUT2D eigenvalue weighted by Gasteiger charge is 2.33. The van der Waals surface area contributed by atoms with Crippen LogP contribution in [-0.4, -0.2) is 17.9 Å². The Kier molecular flexibility index (Phi) is 2.93. The molecule has 3 heteroatoms. The predicted octanol–water partition coefficient (Wildman–Crippen LogP) is 4.06. The highest BCUT2D eigenvalue weighted by molar-refractivity contribution is 6.23. The van der Waals surface area contributed by atoms with E-state index in [1.54, 1.807) is 7.11 Å². The van der Waals surface area contributed by atoms with Gasteiger partial charge in [-0.3, -0.25) is 4.79 Å². The standard InChI is InChI=1S/C19H15NO2/c1-22-16-11-15(12-7-3-2-4-8-12)20-18-13-9-5-6-10-14(13)19(21)17(16)18/h2-4,6-8,10-11H,5,9H2,1H3. The first-order valence-electron chi connectivity index (χ1n) is 7.39. The molecule has 1 aromatic carbocycles. The summed E-state index contributed by atoms with van der Waals surface area (Å²) < 4.78 is 5.48. The first-order valence-corrected chi connectivity index (χ1v) is 7.39. The first-order chi connectivity index (χ1) is 10.8. The molecule has 0 N–H and O–H groups in total. The van der Waals surface area contributed by atoms with Crippen LogP contribution in [0.2, 0.25) is 0 Å². The minimum Gasteiger partial charge on any atom is -0.496 e. The molecule has 0 aliphatic heterocycles. The van der Waals surface area contributed by atoms with Gasteiger partial charge in [-0.15, -0.1) is 0 Å². The first kappa shape index (κ1) is 13.0. The van der Waals surface area contributed by atoms with Crippen molar-refractivity contribution >= 4 is 11.4 Å². The molecule has 2 aliphatic rings. The van der Waals surface area contributed by atoms with Crippen molar-refractivity contribution in [2.24, 2.45) is 0 Å². The van der Waals surface area contributed by atoms with E-state index in [1.165, 1.54) is 0 Å². The number of fused-ring (bicyclic) bond motifs is 2. The van der Waals surface area contributed by atoms with E-state index in [0.29, 0.717) is 11.3 Å². The Hall–Kier alpha value is -2.68. The lowest BCUT2D eigenvalue weighted by Gasteiger charge is -2.11. The number of hydrogen-bond acceptors (Lipinski definition) is 3. The van der Waals surface area contributed by atoms with Crippen molar-refractivity contribution in [3.63, 3.8) is 0 Å². The number of rotatable bonds is 2. The maximum Gasteiger partial charge on any atom is 0.199 e. The third-order valence-electron chi connectivity index (χ3n) is 4.20. The molecule has 0 fully saturated rings. The van der Waals surface area contributed by atoms with Gasteiger partial charge in [0.25, 0.3) is 0 Å². The predicted molar refractivity (Wildman–Crippen MR) is 85.8 cm³/mol. The fourth-order valence-corrected chi connectivity index (χ4v) is 3.13. The molecule has 0 saturated heterocycles. The number of methoxy groups -OCH3 is 1. The molecule has 0 atom stereocenters. The summed E-state index contributed by atoms with van der Waals surface area (Å²) in [4.78, 5) is 17.4. The van der Waals surface area contributed by atoms with Crippen LogP contribution in [0.15, 0.2) is 54.1 Å². The van der Waals surface area contributed by atoms with E-state index >= 15 is 0 Å². The van der Waals surface area contributed by atoms with E-state index < -0.39 is 0 Å². The van der Waals surface area contributed by atoms with Gasteiger partial charge in [-0.1, -0.05) is 42.5 Å². The third kappa shape index (κ3) is 1.82. The summed E-state index contributed by atoms with van der Waals surface area (Å²) in [7, 11) is 1.60. The van der Waals surface area contributed by atoms with Gasteiger partial charge in [0.2, 0.25) is 0 Å². The van der Waals surface area contributed by atoms with E-state index in [4.69, 9.17) is 9.72 Å². The van der Waals surface area contributed by atoms with Crippen molar-refractivity contribution in [3.8, 4) is 17.0 Å². The lowest BCUT2D eigenvalue weighted by Crippen LogP contribution is -2.02. The number of allylic oxidation sites excluding steroid dienone is 4. The average Bonchev–Trinajstić information content (AvgIpc) is 2.88. The van der Waals surface area contributed by atoms with Crippen LogP contribution in [0.5, 0.6) is 5.75 Å². The second kappa shape index (κ2) is 4.95. The second-order valence-corrected chi connectivity index (χ2v) is 5.46. The number of carbonyl (C=O) groups excluding carboxylic acids is 1. The van der Waals surface area contributed by atoms with Crippen LogP contribution < -0.4 is 4.74 Å². The molecular formula is C19H15NO2. The van der Waals surface area contributed by atoms with Crippen LogP contribution >= 0.6 is 0 Å². The van der Waals surface area contributed by atoms with E-state index in [1.807, 2.05) is 48.6 Å². The lowest BCUT2D eigenvalue weighted by molar-refractivity contribution is 0.103. The van der Waals surface area contributed by atoms with Gasteiger partial charge in [-0.25, -0.2) is 4.98 Å². The van der Waals surface area contributed by atoms with Crippen molar-refractivity contribution in [3.05, 3.63) is 65.4 Å². The molecule has 0 radical (unpaired) electrons. The largest absolute Gasteiger partial charge is 0.496 e. The van der Waals surface area contributed by atoms with E-state index in [-0.39, 0.29) is 5.78 Å². The van der Waals surface area contributed by atoms with E-state index in [0.717, 1.165) is 40.9 Å². The Morgan fingerprint density at radius 3 is 2.77 bits per heavy atom. The molecule has 0 spiro atoms. The van der Waals surface area contributed by atoms with Gasteiger partial charge in [0.05, 0.1) is 24.1 Å². The molecule has 4 rings (SSSR count). The normalized spacial score (nSPS) is 15.8. The Balaban J connectivity index is 1.96. The van der Waals surface area contributed by atoms with E-state index in [2.05, 4.69) is 0 Å². The van der Waals surface area contributed by atoms with Crippen LogP contribution in [0.3, 0.4) is 0 Å². The third-order valence-corrected chi connectivity index (χ3v) is 4.20. The summed E-state index contributed by atoms with van der Waals surface area (Å²) in [5.74, 6) is 0.640. The van der Waals surface area contributed by atoms with Gasteiger partial charge in [-0.2, -0.15) is 0 Å². The Morgan fingerprint density at radius 1 is 1.18 bits per heavy atom. The van der Waals surface area contributed by atoms with Gasteiger partial charge in [0.15, 0.2) is 5.78 Å². The van der Waals surface area contributed by atoms with Crippen LogP contribution in [0.1, 0.15) is 28.9 Å². The minimum absolute atomic E-state index is 0.0323. The number of Topliss-reactive ketones (excluding diaryl/α,β-unsaturated/α-hetero) is 1. The number of ether oxygens (including phenoxy) is 1. The molecule has 22 heavy (non-hydrogen) atoms. The molecule has 0 bridgehead atoms.